The first-order chi connectivity index (χ1) is 12.4. The minimum atomic E-state index is -1.36. The fourth-order valence-electron chi connectivity index (χ4n) is 3.74. The SMILES string of the molecule is Nc1nc(=O)c2ncn(C3OC(CO)C(O)C3O)c2n1C1CCCC1=O. The number of imidazole rings is 1. The van der Waals surface area contributed by atoms with Gasteiger partial charge in [-0.1, -0.05) is 0 Å². The summed E-state index contributed by atoms with van der Waals surface area (Å²) in [4.78, 5) is 32.2. The Morgan fingerprint density at radius 2 is 2.08 bits per heavy atom. The van der Waals surface area contributed by atoms with Crippen molar-refractivity contribution in [2.24, 2.45) is 0 Å². The van der Waals surface area contributed by atoms with Gasteiger partial charge in [0, 0.05) is 6.42 Å². The molecular formula is C15H19N5O6. The minimum absolute atomic E-state index is 0.0170. The van der Waals surface area contributed by atoms with Crippen LogP contribution in [0.3, 0.4) is 0 Å². The molecule has 0 spiro atoms. The number of carbonyl (C=O) groups excluding carboxylic acids is 1. The van der Waals surface area contributed by atoms with Crippen molar-refractivity contribution in [2.75, 3.05) is 12.3 Å². The van der Waals surface area contributed by atoms with Crippen molar-refractivity contribution in [3.63, 3.8) is 0 Å². The van der Waals surface area contributed by atoms with E-state index in [1.54, 1.807) is 0 Å². The van der Waals surface area contributed by atoms with Gasteiger partial charge in [0.1, 0.15) is 18.3 Å². The van der Waals surface area contributed by atoms with Crippen molar-refractivity contribution in [3.05, 3.63) is 16.7 Å². The summed E-state index contributed by atoms with van der Waals surface area (Å²) in [5.41, 5.74) is 5.45. The largest absolute Gasteiger partial charge is 0.394 e. The zero-order valence-corrected chi connectivity index (χ0v) is 13.7. The summed E-state index contributed by atoms with van der Waals surface area (Å²) in [5, 5.41) is 29.6. The molecule has 0 amide bonds. The minimum Gasteiger partial charge on any atom is -0.394 e. The van der Waals surface area contributed by atoms with Crippen LogP contribution in [0.5, 0.6) is 0 Å². The molecule has 2 aromatic rings. The molecule has 4 rings (SSSR count). The number of hydrogen-bond acceptors (Lipinski definition) is 9. The molecule has 0 bridgehead atoms. The number of nitrogens with zero attached hydrogens (tertiary/aromatic N) is 4. The molecule has 1 saturated heterocycles. The van der Waals surface area contributed by atoms with Gasteiger partial charge in [0.15, 0.2) is 23.2 Å². The van der Waals surface area contributed by atoms with E-state index in [0.29, 0.717) is 19.3 Å². The lowest BCUT2D eigenvalue weighted by molar-refractivity contribution is -0.120. The molecule has 0 aromatic carbocycles. The van der Waals surface area contributed by atoms with E-state index in [1.807, 2.05) is 0 Å². The number of nitrogen functional groups attached to an aromatic ring is 1. The summed E-state index contributed by atoms with van der Waals surface area (Å²) in [6, 6.07) is -0.585. The normalized spacial score (nSPS) is 32.0. The van der Waals surface area contributed by atoms with Gasteiger partial charge < -0.3 is 25.8 Å². The number of Topliss-reactive ketones (excluding diaryl/α,β-unsaturated/α-hetero) is 1. The average molecular weight is 365 g/mol. The molecule has 1 aliphatic heterocycles. The van der Waals surface area contributed by atoms with E-state index in [-0.39, 0.29) is 22.9 Å². The Bertz CT molecular complexity index is 923. The van der Waals surface area contributed by atoms with Gasteiger partial charge in [-0.05, 0) is 12.8 Å². The van der Waals surface area contributed by atoms with Gasteiger partial charge >= 0.3 is 5.56 Å². The topological polar surface area (TPSA) is 166 Å². The molecule has 11 heteroatoms. The first-order valence-electron chi connectivity index (χ1n) is 8.33. The Kier molecular flexibility index (Phi) is 4.03. The smallest absolute Gasteiger partial charge is 0.302 e. The molecule has 1 aliphatic carbocycles. The van der Waals surface area contributed by atoms with Crippen molar-refractivity contribution >= 4 is 22.9 Å². The zero-order chi connectivity index (χ0) is 18.6. The van der Waals surface area contributed by atoms with Gasteiger partial charge in [-0.2, -0.15) is 4.98 Å². The van der Waals surface area contributed by atoms with Gasteiger partial charge in [0.2, 0.25) is 5.95 Å². The van der Waals surface area contributed by atoms with Gasteiger partial charge in [-0.15, -0.1) is 0 Å². The van der Waals surface area contributed by atoms with Crippen LogP contribution < -0.4 is 11.3 Å². The summed E-state index contributed by atoms with van der Waals surface area (Å²) in [6.07, 6.45) is -1.85. The number of hydrogen-bond donors (Lipinski definition) is 4. The van der Waals surface area contributed by atoms with E-state index in [0.717, 1.165) is 0 Å². The monoisotopic (exact) mass is 365 g/mol. The lowest BCUT2D eigenvalue weighted by atomic mass is 10.1. The Labute approximate surface area is 146 Å². The second-order valence-corrected chi connectivity index (χ2v) is 6.57. The fraction of sp³-hybridized carbons (Fsp3) is 0.600. The van der Waals surface area contributed by atoms with Gasteiger partial charge in [0.25, 0.3) is 0 Å². The Morgan fingerprint density at radius 3 is 2.69 bits per heavy atom. The quantitative estimate of drug-likeness (QED) is 0.485. The number of nitrogens with two attached hydrogens (primary N) is 1. The van der Waals surface area contributed by atoms with Crippen molar-refractivity contribution in [3.8, 4) is 0 Å². The highest BCUT2D eigenvalue weighted by atomic mass is 16.6. The number of ether oxygens (including phenoxy) is 1. The van der Waals surface area contributed by atoms with Crippen molar-refractivity contribution < 1.29 is 24.9 Å². The number of ketones is 1. The summed E-state index contributed by atoms with van der Waals surface area (Å²) in [7, 11) is 0. The molecule has 3 heterocycles. The number of aliphatic hydroxyl groups excluding tert-OH is 3. The molecule has 1 saturated carbocycles. The third-order valence-electron chi connectivity index (χ3n) is 5.04. The molecule has 2 fully saturated rings. The van der Waals surface area contributed by atoms with Gasteiger partial charge in [-0.3, -0.25) is 18.7 Å². The predicted molar refractivity (Wildman–Crippen MR) is 87.1 cm³/mol. The zero-order valence-electron chi connectivity index (χ0n) is 13.7. The predicted octanol–water partition coefficient (Wildman–Crippen LogP) is -1.92. The molecule has 0 radical (unpaired) electrons. The van der Waals surface area contributed by atoms with E-state index in [9.17, 15) is 24.9 Å². The number of carbonyl (C=O) groups is 1. The molecule has 2 aliphatic rings. The third-order valence-corrected chi connectivity index (χ3v) is 5.04. The molecule has 26 heavy (non-hydrogen) atoms. The molecule has 5 N–H and O–H groups in total. The van der Waals surface area contributed by atoms with Crippen LogP contribution in [0.2, 0.25) is 0 Å². The van der Waals surface area contributed by atoms with Crippen molar-refractivity contribution in [1.29, 1.82) is 0 Å². The highest BCUT2D eigenvalue weighted by Crippen LogP contribution is 2.34. The van der Waals surface area contributed by atoms with Crippen LogP contribution in [0.25, 0.3) is 11.2 Å². The average Bonchev–Trinajstić information content (AvgIpc) is 3.29. The van der Waals surface area contributed by atoms with Crippen LogP contribution >= 0.6 is 0 Å². The van der Waals surface area contributed by atoms with Crippen LogP contribution in [0.1, 0.15) is 31.5 Å². The number of aromatic nitrogens is 4. The van der Waals surface area contributed by atoms with Crippen LogP contribution in [0, 0.1) is 0 Å². The van der Waals surface area contributed by atoms with Crippen molar-refractivity contribution in [2.45, 2.75) is 49.8 Å². The maximum atomic E-state index is 12.3. The van der Waals surface area contributed by atoms with E-state index in [1.165, 1.54) is 15.5 Å². The summed E-state index contributed by atoms with van der Waals surface area (Å²) in [5.74, 6) is -0.159. The van der Waals surface area contributed by atoms with E-state index >= 15 is 0 Å². The first kappa shape index (κ1) is 17.1. The highest BCUT2D eigenvalue weighted by Gasteiger charge is 2.44. The molecule has 140 valence electrons. The summed E-state index contributed by atoms with van der Waals surface area (Å²) in [6.45, 7) is -0.487. The second-order valence-electron chi connectivity index (χ2n) is 6.57. The number of fused-ring (bicyclic) bond motifs is 1. The maximum Gasteiger partial charge on any atom is 0.302 e. The lowest BCUT2D eigenvalue weighted by Gasteiger charge is -2.22. The Hall–Kier alpha value is -2.34. The molecule has 5 atom stereocenters. The van der Waals surface area contributed by atoms with E-state index < -0.39 is 42.7 Å². The lowest BCUT2D eigenvalue weighted by Crippen LogP contribution is -2.33. The Morgan fingerprint density at radius 1 is 1.31 bits per heavy atom. The Balaban J connectivity index is 1.92. The maximum absolute atomic E-state index is 12.3. The molecular weight excluding hydrogens is 346 g/mol. The fourth-order valence-corrected chi connectivity index (χ4v) is 3.74. The van der Waals surface area contributed by atoms with Crippen LogP contribution in [0.4, 0.5) is 5.95 Å². The summed E-state index contributed by atoms with van der Waals surface area (Å²) < 4.78 is 8.31. The van der Waals surface area contributed by atoms with Crippen LogP contribution in [-0.2, 0) is 9.53 Å². The van der Waals surface area contributed by atoms with Gasteiger partial charge in [-0.25, -0.2) is 4.98 Å². The summed E-state index contributed by atoms with van der Waals surface area (Å²) >= 11 is 0. The van der Waals surface area contributed by atoms with Crippen molar-refractivity contribution in [1.82, 2.24) is 19.1 Å². The van der Waals surface area contributed by atoms with E-state index in [4.69, 9.17) is 10.5 Å². The first-order valence-corrected chi connectivity index (χ1v) is 8.33. The number of aliphatic hydroxyl groups is 3. The standard InChI is InChI=1S/C15H19N5O6/c16-15-18-12(25)9-13(20(15)6-2-1-3-7(6)22)19(5-17-9)14-11(24)10(23)8(4-21)26-14/h5-6,8,10-11,14,21,23-24H,1-4H2,(H2,16,18,25). The molecule has 2 aromatic heterocycles. The molecule has 5 unspecified atom stereocenters. The number of rotatable bonds is 3. The third kappa shape index (κ3) is 2.35. The number of anilines is 1. The van der Waals surface area contributed by atoms with Gasteiger partial charge in [0.05, 0.1) is 19.0 Å². The van der Waals surface area contributed by atoms with Crippen LogP contribution in [0.15, 0.2) is 11.1 Å². The highest BCUT2D eigenvalue weighted by molar-refractivity contribution is 5.87. The van der Waals surface area contributed by atoms with Crippen LogP contribution in [-0.4, -0.2) is 65.1 Å². The second kappa shape index (κ2) is 6.13. The molecule has 11 nitrogen and oxygen atoms in total. The van der Waals surface area contributed by atoms with E-state index in [2.05, 4.69) is 9.97 Å².